The number of H-pyrrole nitrogens is 1. The minimum atomic E-state index is 0. The van der Waals surface area contributed by atoms with Crippen LogP contribution in [0.25, 0.3) is 11.0 Å². The summed E-state index contributed by atoms with van der Waals surface area (Å²) in [5, 5.41) is 7.55. The van der Waals surface area contributed by atoms with E-state index in [2.05, 4.69) is 43.4 Å². The molecule has 7 heteroatoms. The predicted molar refractivity (Wildman–Crippen MR) is 115 cm³/mol. The average Bonchev–Trinajstić information content (AvgIpc) is 3.23. The van der Waals surface area contributed by atoms with Crippen LogP contribution in [-0.4, -0.2) is 47.1 Å². The third-order valence-electron chi connectivity index (χ3n) is 4.07. The summed E-state index contributed by atoms with van der Waals surface area (Å²) in [6.07, 6.45) is 4.64. The van der Waals surface area contributed by atoms with Gasteiger partial charge in [0.15, 0.2) is 5.96 Å². The normalized spacial score (nSPS) is 17.7. The molecule has 0 saturated carbocycles. The number of thioether (sulfide) groups is 1. The highest BCUT2D eigenvalue weighted by molar-refractivity contribution is 14.0. The van der Waals surface area contributed by atoms with Crippen molar-refractivity contribution < 1.29 is 0 Å². The zero-order chi connectivity index (χ0) is 15.9. The summed E-state index contributed by atoms with van der Waals surface area (Å²) in [6.45, 7) is 1.91. The van der Waals surface area contributed by atoms with Crippen molar-refractivity contribution in [2.45, 2.75) is 30.9 Å². The van der Waals surface area contributed by atoms with Crippen LogP contribution in [0.15, 0.2) is 29.3 Å². The Morgan fingerprint density at radius 1 is 1.38 bits per heavy atom. The highest BCUT2D eigenvalue weighted by atomic mass is 127. The number of guanidine groups is 1. The van der Waals surface area contributed by atoms with Gasteiger partial charge in [0.2, 0.25) is 0 Å². The number of halogens is 1. The Kier molecular flexibility index (Phi) is 8.17. The van der Waals surface area contributed by atoms with E-state index in [0.29, 0.717) is 0 Å². The van der Waals surface area contributed by atoms with Crippen molar-refractivity contribution in [3.05, 3.63) is 30.1 Å². The van der Waals surface area contributed by atoms with Crippen LogP contribution in [0.1, 0.15) is 25.1 Å². The minimum absolute atomic E-state index is 0. The second-order valence-electron chi connectivity index (χ2n) is 5.82. The van der Waals surface area contributed by atoms with E-state index >= 15 is 0 Å². The summed E-state index contributed by atoms with van der Waals surface area (Å²) in [6, 6.07) is 8.16. The molecule has 0 radical (unpaired) electrons. The molecule has 2 heterocycles. The molecule has 1 unspecified atom stereocenters. The Hall–Kier alpha value is -0.960. The third kappa shape index (κ3) is 5.54. The smallest absolute Gasteiger partial charge is 0.191 e. The highest BCUT2D eigenvalue weighted by Crippen LogP contribution is 2.25. The van der Waals surface area contributed by atoms with Crippen LogP contribution in [0.4, 0.5) is 0 Å². The van der Waals surface area contributed by atoms with E-state index in [1.54, 1.807) is 0 Å². The Morgan fingerprint density at radius 2 is 2.25 bits per heavy atom. The van der Waals surface area contributed by atoms with E-state index in [-0.39, 0.29) is 24.0 Å². The second-order valence-corrected chi connectivity index (χ2v) is 7.23. The lowest BCUT2D eigenvalue weighted by molar-refractivity contribution is 0.703. The number of aliphatic imine (C=N–C) groups is 1. The first-order valence-corrected chi connectivity index (χ1v) is 9.40. The van der Waals surface area contributed by atoms with E-state index in [9.17, 15) is 0 Å². The molecule has 0 spiro atoms. The van der Waals surface area contributed by atoms with Gasteiger partial charge in [-0.15, -0.1) is 24.0 Å². The number of hydrogen-bond donors (Lipinski definition) is 3. The van der Waals surface area contributed by atoms with Crippen LogP contribution in [0, 0.1) is 0 Å². The van der Waals surface area contributed by atoms with Gasteiger partial charge in [-0.1, -0.05) is 12.1 Å². The van der Waals surface area contributed by atoms with Gasteiger partial charge in [-0.3, -0.25) is 4.99 Å². The number of aromatic nitrogens is 2. The highest BCUT2D eigenvalue weighted by Gasteiger charge is 2.15. The van der Waals surface area contributed by atoms with Crippen LogP contribution in [0.2, 0.25) is 0 Å². The first-order chi connectivity index (χ1) is 11.3. The summed E-state index contributed by atoms with van der Waals surface area (Å²) >= 11 is 2.06. The Bertz CT molecular complexity index is 618. The summed E-state index contributed by atoms with van der Waals surface area (Å²) in [7, 11) is 1.83. The van der Waals surface area contributed by atoms with Crippen molar-refractivity contribution in [3.8, 4) is 0 Å². The molecule has 0 aliphatic carbocycles. The molecule has 5 nitrogen and oxygen atoms in total. The zero-order valence-corrected chi connectivity index (χ0v) is 17.2. The molecule has 1 aliphatic heterocycles. The summed E-state index contributed by atoms with van der Waals surface area (Å²) in [5.41, 5.74) is 2.16. The van der Waals surface area contributed by atoms with Crippen molar-refractivity contribution in [2.24, 2.45) is 4.99 Å². The number of nitrogens with one attached hydrogen (secondary N) is 3. The Morgan fingerprint density at radius 3 is 3.00 bits per heavy atom. The van der Waals surface area contributed by atoms with Gasteiger partial charge in [-0.25, -0.2) is 4.98 Å². The number of nitrogens with zero attached hydrogens (tertiary/aromatic N) is 2. The van der Waals surface area contributed by atoms with Gasteiger partial charge < -0.3 is 15.6 Å². The third-order valence-corrected chi connectivity index (χ3v) is 5.46. The van der Waals surface area contributed by atoms with E-state index in [0.717, 1.165) is 54.0 Å². The molecule has 0 amide bonds. The van der Waals surface area contributed by atoms with Crippen molar-refractivity contribution >= 4 is 52.7 Å². The topological polar surface area (TPSA) is 65.1 Å². The van der Waals surface area contributed by atoms with E-state index in [4.69, 9.17) is 0 Å². The Balaban J connectivity index is 0.00000208. The fourth-order valence-corrected chi connectivity index (χ4v) is 4.02. The largest absolute Gasteiger partial charge is 0.356 e. The molecule has 132 valence electrons. The van der Waals surface area contributed by atoms with Crippen molar-refractivity contribution in [2.75, 3.05) is 25.9 Å². The number of fused-ring (bicyclic) bond motifs is 1. The number of aromatic amines is 1. The second kappa shape index (κ2) is 10.1. The summed E-state index contributed by atoms with van der Waals surface area (Å²) in [5.74, 6) is 3.26. The number of hydrogen-bond acceptors (Lipinski definition) is 3. The number of imidazole rings is 1. The lowest BCUT2D eigenvalue weighted by atomic mass is 10.2. The molecule has 24 heavy (non-hydrogen) atoms. The maximum absolute atomic E-state index is 4.61. The van der Waals surface area contributed by atoms with E-state index < -0.39 is 0 Å². The standard InChI is InChI=1S/C17H25N5S.HI/c1-18-17(20-12-13-6-5-11-23-13)19-10-4-9-16-21-14-7-2-3-8-15(14)22-16;/h2-3,7-8,13H,4-6,9-12H2,1H3,(H,21,22)(H2,18,19,20);1H. The van der Waals surface area contributed by atoms with Crippen LogP contribution < -0.4 is 10.6 Å². The molecule has 0 bridgehead atoms. The van der Waals surface area contributed by atoms with Gasteiger partial charge in [-0.05, 0) is 37.1 Å². The van der Waals surface area contributed by atoms with Crippen LogP contribution in [0.5, 0.6) is 0 Å². The molecule has 1 aromatic heterocycles. The number of rotatable bonds is 6. The van der Waals surface area contributed by atoms with Crippen molar-refractivity contribution in [1.82, 2.24) is 20.6 Å². The molecule has 1 aliphatic rings. The fourth-order valence-electron chi connectivity index (χ4n) is 2.82. The first-order valence-electron chi connectivity index (χ1n) is 8.35. The molecule has 1 saturated heterocycles. The van der Waals surface area contributed by atoms with Gasteiger partial charge in [-0.2, -0.15) is 11.8 Å². The van der Waals surface area contributed by atoms with Gasteiger partial charge in [0.25, 0.3) is 0 Å². The van der Waals surface area contributed by atoms with E-state index in [1.807, 2.05) is 25.2 Å². The maximum atomic E-state index is 4.61. The molecular formula is C17H26IN5S. The monoisotopic (exact) mass is 459 g/mol. The van der Waals surface area contributed by atoms with E-state index in [1.165, 1.54) is 18.6 Å². The lowest BCUT2D eigenvalue weighted by Crippen LogP contribution is -2.40. The summed E-state index contributed by atoms with van der Waals surface area (Å²) in [4.78, 5) is 12.3. The van der Waals surface area contributed by atoms with Gasteiger partial charge in [0.05, 0.1) is 11.0 Å². The van der Waals surface area contributed by atoms with Crippen molar-refractivity contribution in [3.63, 3.8) is 0 Å². The van der Waals surface area contributed by atoms with Crippen LogP contribution >= 0.6 is 35.7 Å². The molecule has 3 rings (SSSR count). The number of benzene rings is 1. The molecule has 3 N–H and O–H groups in total. The maximum Gasteiger partial charge on any atom is 0.191 e. The quantitative estimate of drug-likeness (QED) is 0.269. The summed E-state index contributed by atoms with van der Waals surface area (Å²) < 4.78 is 0. The number of aryl methyl sites for hydroxylation is 1. The lowest BCUT2D eigenvalue weighted by Gasteiger charge is -2.14. The van der Waals surface area contributed by atoms with Gasteiger partial charge in [0.1, 0.15) is 5.82 Å². The fraction of sp³-hybridized carbons (Fsp3) is 0.529. The van der Waals surface area contributed by atoms with Crippen molar-refractivity contribution in [1.29, 1.82) is 0 Å². The molecule has 2 aromatic rings. The number of para-hydroxylation sites is 2. The molecule has 1 aromatic carbocycles. The predicted octanol–water partition coefficient (Wildman–Crippen LogP) is 3.17. The average molecular weight is 459 g/mol. The molecule has 1 atom stereocenters. The van der Waals surface area contributed by atoms with Gasteiger partial charge >= 0.3 is 0 Å². The SMILES string of the molecule is CN=C(NCCCc1nc2ccccc2[nH]1)NCC1CCCS1.I. The van der Waals surface area contributed by atoms with Crippen LogP contribution in [0.3, 0.4) is 0 Å². The zero-order valence-electron chi connectivity index (χ0n) is 14.0. The first kappa shape index (κ1) is 19.4. The van der Waals surface area contributed by atoms with Gasteiger partial charge in [0, 0.05) is 31.8 Å². The van der Waals surface area contributed by atoms with Crippen LogP contribution in [-0.2, 0) is 6.42 Å². The molecular weight excluding hydrogens is 433 g/mol. The Labute approximate surface area is 164 Å². The molecule has 1 fully saturated rings. The minimum Gasteiger partial charge on any atom is -0.356 e.